The van der Waals surface area contributed by atoms with Gasteiger partial charge in [-0.05, 0) is 44.0 Å². The lowest BCUT2D eigenvalue weighted by molar-refractivity contribution is 0.152. The molecular weight excluding hydrogens is 206 g/mol. The highest BCUT2D eigenvalue weighted by atomic mass is 35.5. The summed E-state index contributed by atoms with van der Waals surface area (Å²) in [6.45, 7) is 4.64. The Morgan fingerprint density at radius 3 is 2.67 bits per heavy atom. The summed E-state index contributed by atoms with van der Waals surface area (Å²) < 4.78 is 0. The predicted octanol–water partition coefficient (Wildman–Crippen LogP) is 3.71. The summed E-state index contributed by atoms with van der Waals surface area (Å²) in [4.78, 5) is 2.56. The molecule has 2 heteroatoms. The van der Waals surface area contributed by atoms with E-state index in [9.17, 15) is 0 Å². The van der Waals surface area contributed by atoms with Crippen molar-refractivity contribution >= 4 is 11.6 Å². The van der Waals surface area contributed by atoms with E-state index < -0.39 is 0 Å². The van der Waals surface area contributed by atoms with Crippen molar-refractivity contribution in [3.63, 3.8) is 0 Å². The minimum absolute atomic E-state index is 0.731. The summed E-state index contributed by atoms with van der Waals surface area (Å²) in [5.74, 6) is 0. The van der Waals surface area contributed by atoms with Crippen molar-refractivity contribution in [2.45, 2.75) is 38.8 Å². The van der Waals surface area contributed by atoms with E-state index in [1.807, 2.05) is 12.1 Å². The summed E-state index contributed by atoms with van der Waals surface area (Å²) in [5.41, 5.74) is 1.37. The highest BCUT2D eigenvalue weighted by Gasteiger charge is 2.17. The van der Waals surface area contributed by atoms with Gasteiger partial charge in [0.2, 0.25) is 0 Å². The lowest BCUT2D eigenvalue weighted by atomic mass is 10.0. The van der Waals surface area contributed by atoms with Gasteiger partial charge in [-0.3, -0.25) is 4.90 Å². The number of hydrogen-bond acceptors (Lipinski definition) is 1. The van der Waals surface area contributed by atoms with Crippen LogP contribution in [0.25, 0.3) is 0 Å². The molecule has 1 atom stereocenters. The second-order valence-electron chi connectivity index (χ2n) is 4.44. The second-order valence-corrected chi connectivity index (χ2v) is 4.88. The van der Waals surface area contributed by atoms with E-state index in [1.54, 1.807) is 0 Å². The Morgan fingerprint density at radius 1 is 1.27 bits per heavy atom. The molecule has 0 bridgehead atoms. The van der Waals surface area contributed by atoms with Crippen LogP contribution in [0.4, 0.5) is 0 Å². The Kier molecular flexibility index (Phi) is 3.66. The number of nitrogens with zero attached hydrogens (tertiary/aromatic N) is 1. The third-order valence-electron chi connectivity index (χ3n) is 3.24. The molecular formula is C13H18ClN. The first-order valence-corrected chi connectivity index (χ1v) is 6.12. The third kappa shape index (κ3) is 2.96. The molecule has 1 aliphatic heterocycles. The summed E-state index contributed by atoms with van der Waals surface area (Å²) in [5, 5.41) is 0.824. The van der Waals surface area contributed by atoms with Gasteiger partial charge < -0.3 is 0 Å². The van der Waals surface area contributed by atoms with Gasteiger partial charge in [0.05, 0.1) is 0 Å². The van der Waals surface area contributed by atoms with E-state index >= 15 is 0 Å². The van der Waals surface area contributed by atoms with Crippen molar-refractivity contribution in [2.24, 2.45) is 0 Å². The Labute approximate surface area is 97.0 Å². The highest BCUT2D eigenvalue weighted by Crippen LogP contribution is 2.19. The lowest BCUT2D eigenvalue weighted by Crippen LogP contribution is -2.36. The third-order valence-corrected chi connectivity index (χ3v) is 3.49. The van der Waals surface area contributed by atoms with Crippen molar-refractivity contribution in [1.29, 1.82) is 0 Å². The van der Waals surface area contributed by atoms with E-state index in [-0.39, 0.29) is 0 Å². The van der Waals surface area contributed by atoms with Crippen molar-refractivity contribution in [3.05, 3.63) is 34.9 Å². The molecule has 1 nitrogen and oxygen atoms in total. The molecule has 0 aromatic heterocycles. The van der Waals surface area contributed by atoms with E-state index in [0.717, 1.165) is 17.6 Å². The number of piperidine rings is 1. The van der Waals surface area contributed by atoms with Crippen LogP contribution in [-0.4, -0.2) is 17.5 Å². The molecule has 1 fully saturated rings. The summed E-state index contributed by atoms with van der Waals surface area (Å²) in [7, 11) is 0. The van der Waals surface area contributed by atoms with Gasteiger partial charge >= 0.3 is 0 Å². The highest BCUT2D eigenvalue weighted by molar-refractivity contribution is 6.30. The van der Waals surface area contributed by atoms with Crippen molar-refractivity contribution in [2.75, 3.05) is 6.54 Å². The van der Waals surface area contributed by atoms with E-state index in [4.69, 9.17) is 11.6 Å². The first-order valence-electron chi connectivity index (χ1n) is 5.74. The molecule has 2 rings (SSSR count). The molecule has 0 spiro atoms. The molecule has 0 amide bonds. The average molecular weight is 224 g/mol. The van der Waals surface area contributed by atoms with Crippen LogP contribution in [0.2, 0.25) is 5.02 Å². The van der Waals surface area contributed by atoms with Crippen LogP contribution in [0.1, 0.15) is 31.7 Å². The van der Waals surface area contributed by atoms with Crippen LogP contribution in [-0.2, 0) is 6.54 Å². The monoisotopic (exact) mass is 223 g/mol. The molecule has 82 valence electrons. The maximum Gasteiger partial charge on any atom is 0.0406 e. The molecule has 15 heavy (non-hydrogen) atoms. The standard InChI is InChI=1S/C13H18ClN/c1-11-4-2-3-9-15(11)10-12-5-7-13(14)8-6-12/h5-8,11H,2-4,9-10H2,1H3/t11-/m0/s1. The minimum atomic E-state index is 0.731. The van der Waals surface area contributed by atoms with E-state index in [0.29, 0.717) is 0 Å². The molecule has 0 unspecified atom stereocenters. The number of likely N-dealkylation sites (tertiary alicyclic amines) is 1. The van der Waals surface area contributed by atoms with E-state index in [2.05, 4.69) is 24.0 Å². The number of hydrogen-bond donors (Lipinski definition) is 0. The van der Waals surface area contributed by atoms with E-state index in [1.165, 1.54) is 31.4 Å². The van der Waals surface area contributed by atoms with Gasteiger partial charge in [0.15, 0.2) is 0 Å². The van der Waals surface area contributed by atoms with Gasteiger partial charge in [-0.15, -0.1) is 0 Å². The maximum absolute atomic E-state index is 5.87. The van der Waals surface area contributed by atoms with Crippen molar-refractivity contribution < 1.29 is 0 Å². The summed E-state index contributed by atoms with van der Waals surface area (Å²) in [6.07, 6.45) is 4.07. The number of halogens is 1. The molecule has 0 saturated carbocycles. The van der Waals surface area contributed by atoms with Crippen molar-refractivity contribution in [1.82, 2.24) is 4.90 Å². The Hall–Kier alpha value is -0.530. The Morgan fingerprint density at radius 2 is 2.00 bits per heavy atom. The molecule has 1 aliphatic rings. The Balaban J connectivity index is 1.98. The summed E-state index contributed by atoms with van der Waals surface area (Å²) >= 11 is 5.87. The normalized spacial score (nSPS) is 22.9. The largest absolute Gasteiger partial charge is 0.296 e. The second kappa shape index (κ2) is 5.00. The molecule has 1 saturated heterocycles. The summed E-state index contributed by atoms with van der Waals surface area (Å²) in [6, 6.07) is 8.94. The first-order chi connectivity index (χ1) is 7.25. The van der Waals surface area contributed by atoms with Crippen LogP contribution in [0.15, 0.2) is 24.3 Å². The van der Waals surface area contributed by atoms with Gasteiger partial charge in [-0.1, -0.05) is 30.2 Å². The zero-order valence-corrected chi connectivity index (χ0v) is 10.0. The van der Waals surface area contributed by atoms with Gasteiger partial charge in [-0.2, -0.15) is 0 Å². The van der Waals surface area contributed by atoms with Crippen LogP contribution < -0.4 is 0 Å². The SMILES string of the molecule is C[C@H]1CCCCN1Cc1ccc(Cl)cc1. The smallest absolute Gasteiger partial charge is 0.0406 e. The van der Waals surface area contributed by atoms with Crippen LogP contribution in [0.3, 0.4) is 0 Å². The molecule has 0 N–H and O–H groups in total. The molecule has 1 aromatic rings. The fourth-order valence-electron chi connectivity index (χ4n) is 2.22. The van der Waals surface area contributed by atoms with Gasteiger partial charge in [0.25, 0.3) is 0 Å². The predicted molar refractivity (Wildman–Crippen MR) is 65.2 cm³/mol. The fraction of sp³-hybridized carbons (Fsp3) is 0.538. The lowest BCUT2D eigenvalue weighted by Gasteiger charge is -2.33. The first kappa shape index (κ1) is 11.0. The van der Waals surface area contributed by atoms with Gasteiger partial charge in [0, 0.05) is 17.6 Å². The van der Waals surface area contributed by atoms with Gasteiger partial charge in [0.1, 0.15) is 0 Å². The fourth-order valence-corrected chi connectivity index (χ4v) is 2.34. The van der Waals surface area contributed by atoms with Crippen molar-refractivity contribution in [3.8, 4) is 0 Å². The maximum atomic E-state index is 5.87. The van der Waals surface area contributed by atoms with Gasteiger partial charge in [-0.25, -0.2) is 0 Å². The van der Waals surface area contributed by atoms with Crippen LogP contribution in [0.5, 0.6) is 0 Å². The van der Waals surface area contributed by atoms with Crippen LogP contribution in [0, 0.1) is 0 Å². The topological polar surface area (TPSA) is 3.24 Å². The molecule has 1 heterocycles. The molecule has 1 aromatic carbocycles. The minimum Gasteiger partial charge on any atom is -0.296 e. The molecule has 0 aliphatic carbocycles. The number of rotatable bonds is 2. The zero-order chi connectivity index (χ0) is 10.7. The Bertz CT molecular complexity index is 307. The quantitative estimate of drug-likeness (QED) is 0.739. The zero-order valence-electron chi connectivity index (χ0n) is 9.25. The average Bonchev–Trinajstić information content (AvgIpc) is 2.25. The number of benzene rings is 1. The molecule has 0 radical (unpaired) electrons. The van der Waals surface area contributed by atoms with Crippen LogP contribution >= 0.6 is 11.6 Å².